The van der Waals surface area contributed by atoms with Crippen molar-refractivity contribution in [2.24, 2.45) is 0 Å². The second-order valence-electron chi connectivity index (χ2n) is 7.73. The Labute approximate surface area is 150 Å². The summed E-state index contributed by atoms with van der Waals surface area (Å²) in [5, 5.41) is 8.08. The second-order valence-corrected chi connectivity index (χ2v) is 7.73. The maximum Gasteiger partial charge on any atom is 0.230 e. The average molecular weight is 340 g/mol. The predicted molar refractivity (Wildman–Crippen MR) is 98.5 cm³/mol. The minimum absolute atomic E-state index is 0.154. The molecule has 134 valence electrons. The van der Waals surface area contributed by atoms with Crippen LogP contribution in [0.25, 0.3) is 0 Å². The van der Waals surface area contributed by atoms with Crippen LogP contribution < -0.4 is 0 Å². The molecule has 2 heterocycles. The number of carbonyl (C=O) groups is 1. The summed E-state index contributed by atoms with van der Waals surface area (Å²) in [6.07, 6.45) is 4.04. The molecule has 0 radical (unpaired) electrons. The molecular formula is C20H28N4O. The molecule has 0 saturated carbocycles. The summed E-state index contributed by atoms with van der Waals surface area (Å²) in [6.45, 7) is 10.2. The number of hydrogen-bond donors (Lipinski definition) is 0. The fourth-order valence-corrected chi connectivity index (χ4v) is 3.57. The first-order valence-electron chi connectivity index (χ1n) is 9.12. The number of carbonyl (C=O) groups excluding carboxylic acids is 1. The van der Waals surface area contributed by atoms with E-state index in [0.717, 1.165) is 31.8 Å². The van der Waals surface area contributed by atoms with Crippen molar-refractivity contribution >= 4 is 5.91 Å². The Morgan fingerprint density at radius 1 is 1.20 bits per heavy atom. The van der Waals surface area contributed by atoms with Crippen molar-refractivity contribution < 1.29 is 4.79 Å². The van der Waals surface area contributed by atoms with Crippen LogP contribution in [0.3, 0.4) is 0 Å². The molecule has 1 aliphatic rings. The highest BCUT2D eigenvalue weighted by Gasteiger charge is 2.33. The van der Waals surface area contributed by atoms with E-state index >= 15 is 0 Å². The largest absolute Gasteiger partial charge is 0.342 e. The molecule has 0 spiro atoms. The van der Waals surface area contributed by atoms with E-state index in [2.05, 4.69) is 62.2 Å². The van der Waals surface area contributed by atoms with Crippen molar-refractivity contribution in [1.29, 1.82) is 0 Å². The van der Waals surface area contributed by atoms with Crippen molar-refractivity contribution in [3.05, 3.63) is 47.5 Å². The Morgan fingerprint density at radius 2 is 1.84 bits per heavy atom. The number of nitrogens with zero attached hydrogens (tertiary/aromatic N) is 4. The Hall–Kier alpha value is -2.17. The van der Waals surface area contributed by atoms with Crippen molar-refractivity contribution in [1.82, 2.24) is 19.7 Å². The summed E-state index contributed by atoms with van der Waals surface area (Å²) in [6, 6.07) is 9.09. The van der Waals surface area contributed by atoms with Gasteiger partial charge in [0.15, 0.2) is 0 Å². The van der Waals surface area contributed by atoms with E-state index in [1.165, 1.54) is 11.1 Å². The van der Waals surface area contributed by atoms with Crippen molar-refractivity contribution in [3.63, 3.8) is 0 Å². The van der Waals surface area contributed by atoms with Crippen LogP contribution in [0.5, 0.6) is 0 Å². The molecule has 1 saturated heterocycles. The third-order valence-corrected chi connectivity index (χ3v) is 5.48. The highest BCUT2D eigenvalue weighted by molar-refractivity contribution is 5.78. The zero-order chi connectivity index (χ0) is 18.0. The molecule has 0 N–H and O–H groups in total. The lowest BCUT2D eigenvalue weighted by atomic mass is 9.74. The smallest absolute Gasteiger partial charge is 0.230 e. The molecule has 0 unspecified atom stereocenters. The molecule has 5 heteroatoms. The van der Waals surface area contributed by atoms with Gasteiger partial charge in [-0.2, -0.15) is 0 Å². The number of aromatic nitrogens is 3. The molecule has 0 aliphatic carbocycles. The van der Waals surface area contributed by atoms with Crippen LogP contribution >= 0.6 is 0 Å². The van der Waals surface area contributed by atoms with Gasteiger partial charge in [-0.15, -0.1) is 10.2 Å². The number of rotatable bonds is 4. The lowest BCUT2D eigenvalue weighted by Crippen LogP contribution is -2.44. The molecule has 1 aromatic carbocycles. The van der Waals surface area contributed by atoms with Crippen LogP contribution in [0, 0.1) is 6.92 Å². The predicted octanol–water partition coefficient (Wildman–Crippen LogP) is 3.29. The summed E-state index contributed by atoms with van der Waals surface area (Å²) >= 11 is 0. The molecule has 0 bridgehead atoms. The Morgan fingerprint density at radius 3 is 2.44 bits per heavy atom. The van der Waals surface area contributed by atoms with Gasteiger partial charge in [-0.25, -0.2) is 0 Å². The molecule has 1 aliphatic heterocycles. The zero-order valence-corrected chi connectivity index (χ0v) is 15.7. The molecule has 3 rings (SSSR count). The third kappa shape index (κ3) is 3.75. The van der Waals surface area contributed by atoms with Gasteiger partial charge in [-0.1, -0.05) is 36.8 Å². The topological polar surface area (TPSA) is 51.0 Å². The van der Waals surface area contributed by atoms with Crippen molar-refractivity contribution in [2.45, 2.75) is 58.4 Å². The number of amides is 1. The lowest BCUT2D eigenvalue weighted by molar-refractivity contribution is -0.132. The number of piperidine rings is 1. The maximum atomic E-state index is 12.7. The van der Waals surface area contributed by atoms with Gasteiger partial charge in [0.05, 0.1) is 6.42 Å². The molecule has 1 fully saturated rings. The molecule has 2 aromatic rings. The molecular weight excluding hydrogens is 312 g/mol. The van der Waals surface area contributed by atoms with Crippen LogP contribution in [-0.2, 0) is 16.6 Å². The summed E-state index contributed by atoms with van der Waals surface area (Å²) < 4.78 is 1.97. The quantitative estimate of drug-likeness (QED) is 0.858. The molecule has 0 atom stereocenters. The van der Waals surface area contributed by atoms with Gasteiger partial charge in [0, 0.05) is 19.1 Å². The Kier molecular flexibility index (Phi) is 4.93. The Bertz CT molecular complexity index is 724. The van der Waals surface area contributed by atoms with Gasteiger partial charge in [0.1, 0.15) is 12.2 Å². The highest BCUT2D eigenvalue weighted by Crippen LogP contribution is 2.35. The molecule has 25 heavy (non-hydrogen) atoms. The first-order valence-corrected chi connectivity index (χ1v) is 9.12. The van der Waals surface area contributed by atoms with Gasteiger partial charge in [-0.3, -0.25) is 4.79 Å². The summed E-state index contributed by atoms with van der Waals surface area (Å²) in [5.74, 6) is 0.910. The first-order chi connectivity index (χ1) is 11.9. The van der Waals surface area contributed by atoms with Gasteiger partial charge >= 0.3 is 0 Å². The average Bonchev–Trinajstić information content (AvgIpc) is 3.04. The van der Waals surface area contributed by atoms with E-state index in [1.807, 2.05) is 9.47 Å². The van der Waals surface area contributed by atoms with Crippen LogP contribution in [0.4, 0.5) is 0 Å². The van der Waals surface area contributed by atoms with Crippen LogP contribution in [-0.4, -0.2) is 38.7 Å². The van der Waals surface area contributed by atoms with E-state index < -0.39 is 0 Å². The summed E-state index contributed by atoms with van der Waals surface area (Å²) in [7, 11) is 0. The van der Waals surface area contributed by atoms with Crippen molar-refractivity contribution in [2.75, 3.05) is 13.1 Å². The normalized spacial score (nSPS) is 17.1. The summed E-state index contributed by atoms with van der Waals surface area (Å²) in [5.41, 5.74) is 2.82. The fraction of sp³-hybridized carbons (Fsp3) is 0.550. The van der Waals surface area contributed by atoms with E-state index in [0.29, 0.717) is 6.42 Å². The van der Waals surface area contributed by atoms with E-state index in [1.54, 1.807) is 6.33 Å². The number of hydrogen-bond acceptors (Lipinski definition) is 3. The minimum atomic E-state index is 0.154. The SMILES string of the molecule is Cc1ccc(C2(C)CCN(C(=O)Cc3nncn3C(C)C)CC2)cc1. The molecule has 5 nitrogen and oxygen atoms in total. The number of benzene rings is 1. The fourth-order valence-electron chi connectivity index (χ4n) is 3.57. The highest BCUT2D eigenvalue weighted by atomic mass is 16.2. The second kappa shape index (κ2) is 6.98. The monoisotopic (exact) mass is 340 g/mol. The van der Waals surface area contributed by atoms with Gasteiger partial charge < -0.3 is 9.47 Å². The van der Waals surface area contributed by atoms with Crippen LogP contribution in [0.15, 0.2) is 30.6 Å². The van der Waals surface area contributed by atoms with Gasteiger partial charge in [0.25, 0.3) is 0 Å². The number of aryl methyl sites for hydroxylation is 1. The minimum Gasteiger partial charge on any atom is -0.342 e. The van der Waals surface area contributed by atoms with Crippen molar-refractivity contribution in [3.8, 4) is 0 Å². The first kappa shape index (κ1) is 17.6. The molecule has 1 aromatic heterocycles. The third-order valence-electron chi connectivity index (χ3n) is 5.48. The van der Waals surface area contributed by atoms with Crippen LogP contribution in [0.2, 0.25) is 0 Å². The Balaban J connectivity index is 1.62. The van der Waals surface area contributed by atoms with Gasteiger partial charge in [0.2, 0.25) is 5.91 Å². The molecule has 1 amide bonds. The summed E-state index contributed by atoms with van der Waals surface area (Å²) in [4.78, 5) is 14.7. The number of likely N-dealkylation sites (tertiary alicyclic amines) is 1. The zero-order valence-electron chi connectivity index (χ0n) is 15.7. The van der Waals surface area contributed by atoms with E-state index in [-0.39, 0.29) is 17.4 Å². The van der Waals surface area contributed by atoms with Gasteiger partial charge in [-0.05, 0) is 44.6 Å². The van der Waals surface area contributed by atoms with E-state index in [9.17, 15) is 4.79 Å². The van der Waals surface area contributed by atoms with Crippen LogP contribution in [0.1, 0.15) is 56.6 Å². The maximum absolute atomic E-state index is 12.7. The lowest BCUT2D eigenvalue weighted by Gasteiger charge is -2.40. The standard InChI is InChI=1S/C20H28N4O/c1-15(2)24-14-21-22-18(24)13-19(25)23-11-9-20(4,10-12-23)17-7-5-16(3)6-8-17/h5-8,14-15H,9-13H2,1-4H3. The van der Waals surface area contributed by atoms with E-state index in [4.69, 9.17) is 0 Å².